The zero-order chi connectivity index (χ0) is 15.0. The molecule has 0 saturated carbocycles. The number of benzene rings is 1. The molecule has 2 heterocycles. The molecular weight excluding hydrogens is 352 g/mol. The number of ether oxygens (including phenoxy) is 1. The Hall–Kier alpha value is -1.53. The first-order valence-corrected chi connectivity index (χ1v) is 8.24. The smallest absolute Gasteiger partial charge is 0.261 e. The lowest BCUT2D eigenvalue weighted by atomic mass is 10.1. The van der Waals surface area contributed by atoms with Crippen LogP contribution in [0.1, 0.15) is 25.7 Å². The predicted molar refractivity (Wildman–Crippen MR) is 88.0 cm³/mol. The highest BCUT2D eigenvalue weighted by molar-refractivity contribution is 9.10. The van der Waals surface area contributed by atoms with E-state index in [1.54, 1.807) is 6.07 Å². The van der Waals surface area contributed by atoms with Gasteiger partial charge in [-0.15, -0.1) is 11.3 Å². The van der Waals surface area contributed by atoms with E-state index in [9.17, 15) is 4.79 Å². The largest absolute Gasteiger partial charge is 0.493 e. The number of hydrogen-bond donors (Lipinski definition) is 2. The number of carbonyl (C=O) groups excluding carboxylic acids is 1. The van der Waals surface area contributed by atoms with Crippen LogP contribution in [0.4, 0.5) is 5.69 Å². The van der Waals surface area contributed by atoms with Crippen molar-refractivity contribution in [3.8, 4) is 5.75 Å². The second kappa shape index (κ2) is 5.69. The molecule has 0 atom stereocenters. The second-order valence-corrected chi connectivity index (χ2v) is 7.13. The maximum absolute atomic E-state index is 12.2. The van der Waals surface area contributed by atoms with Crippen LogP contribution < -0.4 is 15.8 Å². The Morgan fingerprint density at radius 2 is 2.29 bits per heavy atom. The molecule has 2 aromatic rings. The molecule has 3 rings (SSSR count). The Balaban J connectivity index is 1.75. The van der Waals surface area contributed by atoms with Crippen LogP contribution in [0.25, 0.3) is 0 Å². The van der Waals surface area contributed by atoms with Crippen molar-refractivity contribution >= 4 is 38.9 Å². The van der Waals surface area contributed by atoms with Crippen molar-refractivity contribution in [2.45, 2.75) is 19.9 Å². The van der Waals surface area contributed by atoms with Crippen LogP contribution in [0, 0.1) is 6.92 Å². The van der Waals surface area contributed by atoms with Gasteiger partial charge in [0.1, 0.15) is 5.75 Å². The van der Waals surface area contributed by atoms with Crippen molar-refractivity contribution in [3.05, 3.63) is 43.6 Å². The number of rotatable bonds is 3. The van der Waals surface area contributed by atoms with Gasteiger partial charge >= 0.3 is 0 Å². The minimum atomic E-state index is -0.105. The molecule has 0 spiro atoms. The highest BCUT2D eigenvalue weighted by atomic mass is 79.9. The van der Waals surface area contributed by atoms with Crippen LogP contribution in [0.2, 0.25) is 0 Å². The molecule has 0 saturated heterocycles. The zero-order valence-electron chi connectivity index (χ0n) is 11.5. The Morgan fingerprint density at radius 3 is 3.00 bits per heavy atom. The van der Waals surface area contributed by atoms with Gasteiger partial charge in [0, 0.05) is 33.6 Å². The van der Waals surface area contributed by atoms with Crippen LogP contribution in [-0.2, 0) is 13.0 Å². The molecule has 1 aromatic heterocycles. The van der Waals surface area contributed by atoms with Crippen molar-refractivity contribution in [1.29, 1.82) is 0 Å². The number of thiophene rings is 1. The standard InChI is InChI=1S/C15H15BrN2O2S/c1-8-12(17)6-13(21-8)15(19)18-7-10-5-11(16)4-9-2-3-20-14(9)10/h4-6H,2-3,7,17H2,1H3,(H,18,19). The quantitative estimate of drug-likeness (QED) is 0.875. The molecule has 3 N–H and O–H groups in total. The van der Waals surface area contributed by atoms with Gasteiger partial charge in [-0.05, 0) is 30.7 Å². The fraction of sp³-hybridized carbons (Fsp3) is 0.267. The number of hydrogen-bond acceptors (Lipinski definition) is 4. The number of halogens is 1. The lowest BCUT2D eigenvalue weighted by Gasteiger charge is -2.10. The average Bonchev–Trinajstić information content (AvgIpc) is 3.03. The van der Waals surface area contributed by atoms with Crippen LogP contribution in [0.15, 0.2) is 22.7 Å². The second-order valence-electron chi connectivity index (χ2n) is 4.96. The Kier molecular flexibility index (Phi) is 3.91. The van der Waals surface area contributed by atoms with Gasteiger partial charge in [0.05, 0.1) is 11.5 Å². The number of nitrogens with two attached hydrogens (primary N) is 1. The lowest BCUT2D eigenvalue weighted by molar-refractivity contribution is 0.0954. The summed E-state index contributed by atoms with van der Waals surface area (Å²) in [5, 5.41) is 2.93. The molecule has 6 heteroatoms. The zero-order valence-corrected chi connectivity index (χ0v) is 13.9. The minimum Gasteiger partial charge on any atom is -0.493 e. The molecule has 21 heavy (non-hydrogen) atoms. The van der Waals surface area contributed by atoms with E-state index in [1.165, 1.54) is 16.9 Å². The summed E-state index contributed by atoms with van der Waals surface area (Å²) in [6.07, 6.45) is 0.913. The van der Waals surface area contributed by atoms with Gasteiger partial charge in [-0.25, -0.2) is 0 Å². The summed E-state index contributed by atoms with van der Waals surface area (Å²) >= 11 is 4.91. The highest BCUT2D eigenvalue weighted by Crippen LogP contribution is 2.33. The number of aryl methyl sites for hydroxylation is 1. The summed E-state index contributed by atoms with van der Waals surface area (Å²) in [4.78, 5) is 13.8. The molecule has 0 aliphatic carbocycles. The monoisotopic (exact) mass is 366 g/mol. The molecule has 4 nitrogen and oxygen atoms in total. The van der Waals surface area contributed by atoms with Crippen LogP contribution in [0.5, 0.6) is 5.75 Å². The van der Waals surface area contributed by atoms with E-state index in [1.807, 2.05) is 13.0 Å². The van der Waals surface area contributed by atoms with Crippen molar-refractivity contribution in [3.63, 3.8) is 0 Å². The third kappa shape index (κ3) is 2.91. The van der Waals surface area contributed by atoms with Crippen molar-refractivity contribution in [1.82, 2.24) is 5.32 Å². The first kappa shape index (κ1) is 14.4. The van der Waals surface area contributed by atoms with Crippen molar-refractivity contribution < 1.29 is 9.53 Å². The van der Waals surface area contributed by atoms with Gasteiger partial charge < -0.3 is 15.8 Å². The summed E-state index contributed by atoms with van der Waals surface area (Å²) in [5.74, 6) is 0.798. The van der Waals surface area contributed by atoms with Crippen molar-refractivity contribution in [2.75, 3.05) is 12.3 Å². The van der Waals surface area contributed by atoms with Gasteiger partial charge in [-0.1, -0.05) is 15.9 Å². The van der Waals surface area contributed by atoms with Gasteiger partial charge in [-0.2, -0.15) is 0 Å². The van der Waals surface area contributed by atoms with E-state index in [-0.39, 0.29) is 5.91 Å². The van der Waals surface area contributed by atoms with E-state index in [0.717, 1.165) is 27.1 Å². The number of nitrogens with one attached hydrogen (secondary N) is 1. The SMILES string of the molecule is Cc1sc(C(=O)NCc2cc(Br)cc3c2OCC3)cc1N. The summed E-state index contributed by atoms with van der Waals surface area (Å²) in [6, 6.07) is 5.77. The van der Waals surface area contributed by atoms with Gasteiger partial charge in [-0.3, -0.25) is 4.79 Å². The van der Waals surface area contributed by atoms with E-state index in [0.29, 0.717) is 23.7 Å². The summed E-state index contributed by atoms with van der Waals surface area (Å²) in [7, 11) is 0. The molecular formula is C15H15BrN2O2S. The van der Waals surface area contributed by atoms with E-state index in [2.05, 4.69) is 27.3 Å². The maximum Gasteiger partial charge on any atom is 0.261 e. The first-order chi connectivity index (χ1) is 10.0. The van der Waals surface area contributed by atoms with E-state index in [4.69, 9.17) is 10.5 Å². The van der Waals surface area contributed by atoms with Crippen molar-refractivity contribution in [2.24, 2.45) is 0 Å². The third-order valence-electron chi connectivity index (χ3n) is 3.44. The number of anilines is 1. The molecule has 1 aliphatic rings. The Bertz CT molecular complexity index is 692. The Labute approximate surface area is 135 Å². The number of carbonyl (C=O) groups is 1. The Morgan fingerprint density at radius 1 is 1.48 bits per heavy atom. The molecule has 0 bridgehead atoms. The summed E-state index contributed by atoms with van der Waals surface area (Å²) in [6.45, 7) is 3.05. The molecule has 0 fully saturated rings. The average molecular weight is 367 g/mol. The third-order valence-corrected chi connectivity index (χ3v) is 4.97. The topological polar surface area (TPSA) is 64.3 Å². The van der Waals surface area contributed by atoms with Gasteiger partial charge in [0.25, 0.3) is 5.91 Å². The molecule has 0 radical (unpaired) electrons. The number of fused-ring (bicyclic) bond motifs is 1. The fourth-order valence-electron chi connectivity index (χ4n) is 2.35. The van der Waals surface area contributed by atoms with Gasteiger partial charge in [0.2, 0.25) is 0 Å². The first-order valence-electron chi connectivity index (χ1n) is 6.63. The number of amides is 1. The highest BCUT2D eigenvalue weighted by Gasteiger charge is 2.18. The van der Waals surface area contributed by atoms with E-state index >= 15 is 0 Å². The molecule has 1 aromatic carbocycles. The molecule has 1 aliphatic heterocycles. The van der Waals surface area contributed by atoms with Crippen LogP contribution in [-0.4, -0.2) is 12.5 Å². The summed E-state index contributed by atoms with van der Waals surface area (Å²) in [5.41, 5.74) is 8.62. The van der Waals surface area contributed by atoms with E-state index < -0.39 is 0 Å². The van der Waals surface area contributed by atoms with Crippen LogP contribution in [0.3, 0.4) is 0 Å². The number of nitrogen functional groups attached to an aromatic ring is 1. The summed E-state index contributed by atoms with van der Waals surface area (Å²) < 4.78 is 6.66. The van der Waals surface area contributed by atoms with Gasteiger partial charge in [0.15, 0.2) is 0 Å². The predicted octanol–water partition coefficient (Wildman–Crippen LogP) is 3.27. The van der Waals surface area contributed by atoms with Crippen LogP contribution >= 0.6 is 27.3 Å². The molecule has 0 unspecified atom stereocenters. The maximum atomic E-state index is 12.2. The fourth-order valence-corrected chi connectivity index (χ4v) is 3.76. The minimum absolute atomic E-state index is 0.105. The lowest BCUT2D eigenvalue weighted by Crippen LogP contribution is -2.22. The molecule has 110 valence electrons. The molecule has 1 amide bonds. The normalized spacial score (nSPS) is 12.9.